The van der Waals surface area contributed by atoms with E-state index >= 15 is 0 Å². The lowest BCUT2D eigenvalue weighted by molar-refractivity contribution is -0.133. The lowest BCUT2D eigenvalue weighted by Crippen LogP contribution is -2.51. The van der Waals surface area contributed by atoms with Gasteiger partial charge in [-0.25, -0.2) is 0 Å². The Hall–Kier alpha value is -3.28. The normalized spacial score (nSPS) is 20.2. The van der Waals surface area contributed by atoms with Crippen LogP contribution in [0.4, 0.5) is 5.69 Å². The van der Waals surface area contributed by atoms with Crippen molar-refractivity contribution >= 4 is 28.4 Å². The number of carbonyl (C=O) groups excluding carboxylic acids is 2. The van der Waals surface area contributed by atoms with Gasteiger partial charge in [0, 0.05) is 37.6 Å². The monoisotopic (exact) mass is 456 g/mol. The lowest BCUT2D eigenvalue weighted by atomic mass is 9.94. The summed E-state index contributed by atoms with van der Waals surface area (Å²) in [5.74, 6) is 0.226. The summed E-state index contributed by atoms with van der Waals surface area (Å²) in [5.41, 5.74) is 5.14. The van der Waals surface area contributed by atoms with Crippen LogP contribution >= 0.6 is 0 Å². The molecule has 176 valence electrons. The molecule has 0 N–H and O–H groups in total. The van der Waals surface area contributed by atoms with Crippen LogP contribution < -0.4 is 4.90 Å². The van der Waals surface area contributed by atoms with E-state index in [0.29, 0.717) is 19.1 Å². The number of likely N-dealkylation sites (N-methyl/N-ethyl adjacent to an activating group) is 1. The van der Waals surface area contributed by atoms with Gasteiger partial charge in [-0.1, -0.05) is 49.6 Å². The van der Waals surface area contributed by atoms with Crippen molar-refractivity contribution in [3.8, 4) is 0 Å². The molecule has 0 spiro atoms. The Kier molecular flexibility index (Phi) is 5.12. The van der Waals surface area contributed by atoms with Crippen LogP contribution in [0.5, 0.6) is 0 Å². The van der Waals surface area contributed by atoms with E-state index in [-0.39, 0.29) is 18.0 Å². The van der Waals surface area contributed by atoms with Crippen molar-refractivity contribution < 1.29 is 9.59 Å². The first-order valence-corrected chi connectivity index (χ1v) is 12.5. The van der Waals surface area contributed by atoms with Crippen LogP contribution in [-0.4, -0.2) is 52.9 Å². The maximum atomic E-state index is 13.6. The summed E-state index contributed by atoms with van der Waals surface area (Å²) in [7, 11) is 4.03. The molecule has 1 aromatic heterocycles. The van der Waals surface area contributed by atoms with Gasteiger partial charge in [-0.2, -0.15) is 0 Å². The zero-order chi connectivity index (χ0) is 23.4. The number of benzene rings is 2. The van der Waals surface area contributed by atoms with E-state index in [1.165, 1.54) is 30.2 Å². The molecule has 6 heteroatoms. The van der Waals surface area contributed by atoms with E-state index in [0.717, 1.165) is 41.7 Å². The summed E-state index contributed by atoms with van der Waals surface area (Å²) >= 11 is 0. The van der Waals surface area contributed by atoms with Crippen LogP contribution in [0, 0.1) is 0 Å². The van der Waals surface area contributed by atoms with Gasteiger partial charge in [-0.15, -0.1) is 0 Å². The summed E-state index contributed by atoms with van der Waals surface area (Å²) in [4.78, 5) is 33.2. The minimum atomic E-state index is -0.216. The fourth-order valence-electron chi connectivity index (χ4n) is 6.40. The second-order valence-corrected chi connectivity index (χ2v) is 10.0. The first-order chi connectivity index (χ1) is 16.6. The lowest BCUT2D eigenvalue weighted by Gasteiger charge is -2.46. The number of hydrogen-bond acceptors (Lipinski definition) is 3. The molecule has 0 bridgehead atoms. The molecule has 1 fully saturated rings. The van der Waals surface area contributed by atoms with E-state index in [1.807, 2.05) is 47.2 Å². The molecule has 6 nitrogen and oxygen atoms in total. The molecule has 2 amide bonds. The van der Waals surface area contributed by atoms with Crippen LogP contribution in [0.3, 0.4) is 0 Å². The Morgan fingerprint density at radius 3 is 2.59 bits per heavy atom. The van der Waals surface area contributed by atoms with E-state index in [1.54, 1.807) is 0 Å². The highest BCUT2D eigenvalue weighted by Crippen LogP contribution is 2.44. The van der Waals surface area contributed by atoms with Crippen molar-refractivity contribution in [2.24, 2.45) is 0 Å². The van der Waals surface area contributed by atoms with Gasteiger partial charge in [-0.3, -0.25) is 9.59 Å². The number of amides is 2. The molecule has 0 saturated heterocycles. The molecule has 0 radical (unpaired) electrons. The summed E-state index contributed by atoms with van der Waals surface area (Å²) in [5, 5.41) is 1.20. The van der Waals surface area contributed by atoms with Gasteiger partial charge >= 0.3 is 0 Å². The maximum absolute atomic E-state index is 13.6. The number of nitrogens with zero attached hydrogens (tertiary/aromatic N) is 4. The summed E-state index contributed by atoms with van der Waals surface area (Å²) in [6.07, 6.45) is 6.45. The Labute approximate surface area is 200 Å². The van der Waals surface area contributed by atoms with Gasteiger partial charge in [0.1, 0.15) is 12.7 Å². The number of fused-ring (bicyclic) bond motifs is 6. The topological polar surface area (TPSA) is 48.8 Å². The predicted octanol–water partition coefficient (Wildman–Crippen LogP) is 4.58. The second-order valence-electron chi connectivity index (χ2n) is 10.0. The third-order valence-corrected chi connectivity index (χ3v) is 8.21. The third-order valence-electron chi connectivity index (χ3n) is 8.21. The Morgan fingerprint density at radius 2 is 1.76 bits per heavy atom. The minimum absolute atomic E-state index is 0.0757. The van der Waals surface area contributed by atoms with Crippen molar-refractivity contribution in [1.29, 1.82) is 0 Å². The Balaban J connectivity index is 1.45. The standard InChI is InChI=1S/C28H32N4O2/c1-29(19-10-4-3-5-11-19)25(33)18-32-24-15-9-6-12-20(24)21-16-17-31-27(26(21)32)30(2)23-14-8-7-13-22(23)28(31)34/h6-9,12-15,19,27H,3-5,10-11,16-18H2,1-2H3/t27-/m0/s1. The van der Waals surface area contributed by atoms with Crippen molar-refractivity contribution in [3.63, 3.8) is 0 Å². The summed E-state index contributed by atoms with van der Waals surface area (Å²) in [6, 6.07) is 16.6. The van der Waals surface area contributed by atoms with E-state index < -0.39 is 0 Å². The molecular weight excluding hydrogens is 424 g/mol. The van der Waals surface area contributed by atoms with Crippen molar-refractivity contribution in [2.45, 2.75) is 57.3 Å². The van der Waals surface area contributed by atoms with E-state index in [4.69, 9.17) is 0 Å². The quantitative estimate of drug-likeness (QED) is 0.580. The average Bonchev–Trinajstić information content (AvgIpc) is 3.20. The van der Waals surface area contributed by atoms with Gasteiger partial charge < -0.3 is 19.3 Å². The SMILES string of the molecule is CN(C(=O)Cn1c2c(c3ccccc31)CCN1C(=O)c3ccccc3N(C)[C@H]21)C1CCCCC1. The molecule has 3 aliphatic rings. The number of aromatic nitrogens is 1. The first-order valence-electron chi connectivity index (χ1n) is 12.5. The van der Waals surface area contributed by atoms with Crippen molar-refractivity contribution in [1.82, 2.24) is 14.4 Å². The molecule has 3 heterocycles. The molecule has 0 unspecified atom stereocenters. The molecule has 34 heavy (non-hydrogen) atoms. The summed E-state index contributed by atoms with van der Waals surface area (Å²) < 4.78 is 2.20. The highest BCUT2D eigenvalue weighted by molar-refractivity contribution is 6.02. The number of para-hydroxylation sites is 2. The zero-order valence-electron chi connectivity index (χ0n) is 20.0. The number of rotatable bonds is 3. The molecule has 2 aromatic carbocycles. The smallest absolute Gasteiger partial charge is 0.257 e. The number of carbonyl (C=O) groups is 2. The average molecular weight is 457 g/mol. The Morgan fingerprint density at radius 1 is 1.03 bits per heavy atom. The van der Waals surface area contributed by atoms with Crippen molar-refractivity contribution in [2.75, 3.05) is 25.5 Å². The zero-order valence-corrected chi connectivity index (χ0v) is 20.0. The van der Waals surface area contributed by atoms with Crippen LogP contribution in [0.15, 0.2) is 48.5 Å². The number of anilines is 1. The highest BCUT2D eigenvalue weighted by Gasteiger charge is 2.43. The van der Waals surface area contributed by atoms with E-state index in [9.17, 15) is 9.59 Å². The molecule has 1 aliphatic carbocycles. The van der Waals surface area contributed by atoms with Gasteiger partial charge in [-0.05, 0) is 43.0 Å². The predicted molar refractivity (Wildman–Crippen MR) is 134 cm³/mol. The van der Waals surface area contributed by atoms with Gasteiger partial charge in [0.15, 0.2) is 0 Å². The fourth-order valence-corrected chi connectivity index (χ4v) is 6.40. The Bertz CT molecular complexity index is 1270. The van der Waals surface area contributed by atoms with Crippen molar-refractivity contribution in [3.05, 3.63) is 65.4 Å². The van der Waals surface area contributed by atoms with Crippen LogP contribution in [0.2, 0.25) is 0 Å². The van der Waals surface area contributed by atoms with Gasteiger partial charge in [0.05, 0.1) is 16.9 Å². The largest absolute Gasteiger partial charge is 0.349 e. The van der Waals surface area contributed by atoms with Crippen LogP contribution in [0.25, 0.3) is 10.9 Å². The highest BCUT2D eigenvalue weighted by atomic mass is 16.2. The minimum Gasteiger partial charge on any atom is -0.349 e. The summed E-state index contributed by atoms with van der Waals surface area (Å²) in [6.45, 7) is 0.982. The molecule has 2 aliphatic heterocycles. The van der Waals surface area contributed by atoms with Crippen LogP contribution in [-0.2, 0) is 17.8 Å². The van der Waals surface area contributed by atoms with Gasteiger partial charge in [0.25, 0.3) is 5.91 Å². The molecule has 6 rings (SSSR count). The third kappa shape index (κ3) is 3.15. The van der Waals surface area contributed by atoms with E-state index in [2.05, 4.69) is 34.7 Å². The first kappa shape index (κ1) is 21.3. The fraction of sp³-hybridized carbons (Fsp3) is 0.429. The van der Waals surface area contributed by atoms with Gasteiger partial charge in [0.2, 0.25) is 5.91 Å². The van der Waals surface area contributed by atoms with Crippen LogP contribution in [0.1, 0.15) is 59.9 Å². The molecular formula is C28H32N4O2. The second kappa shape index (κ2) is 8.19. The maximum Gasteiger partial charge on any atom is 0.257 e. The number of hydrogen-bond donors (Lipinski definition) is 0. The molecule has 1 saturated carbocycles. The molecule has 1 atom stereocenters. The molecule has 3 aromatic rings.